The van der Waals surface area contributed by atoms with E-state index in [-0.39, 0.29) is 11.8 Å². The molecule has 0 atom stereocenters. The quantitative estimate of drug-likeness (QED) is 0.747. The molecule has 1 heterocycles. The smallest absolute Gasteiger partial charge is 0.312 e. The van der Waals surface area contributed by atoms with Crippen molar-refractivity contribution in [1.82, 2.24) is 4.98 Å². The monoisotopic (exact) mass is 201 g/mol. The Hall–Kier alpha value is -1.03. The molecule has 0 fully saturated rings. The van der Waals surface area contributed by atoms with Crippen LogP contribution in [-0.2, 0) is 10.7 Å². The Labute approximate surface area is 81.9 Å². The molecule has 2 nitrogen and oxygen atoms in total. The SMILES string of the molecule is CC(C)OCC(F)(F)c1ccccn1. The maximum absolute atomic E-state index is 13.3. The molecule has 0 aliphatic carbocycles. The Morgan fingerprint density at radius 3 is 2.64 bits per heavy atom. The number of rotatable bonds is 4. The van der Waals surface area contributed by atoms with Crippen molar-refractivity contribution >= 4 is 0 Å². The zero-order chi connectivity index (χ0) is 10.6. The molecule has 0 spiro atoms. The van der Waals surface area contributed by atoms with Gasteiger partial charge in [-0.3, -0.25) is 4.98 Å². The predicted octanol–water partition coefficient (Wildman–Crippen LogP) is 2.60. The van der Waals surface area contributed by atoms with Gasteiger partial charge < -0.3 is 4.74 Å². The lowest BCUT2D eigenvalue weighted by molar-refractivity contribution is -0.100. The zero-order valence-corrected chi connectivity index (χ0v) is 8.21. The van der Waals surface area contributed by atoms with Crippen LogP contribution in [0.5, 0.6) is 0 Å². The van der Waals surface area contributed by atoms with Crippen molar-refractivity contribution in [1.29, 1.82) is 0 Å². The summed E-state index contributed by atoms with van der Waals surface area (Å²) in [6, 6.07) is 4.43. The summed E-state index contributed by atoms with van der Waals surface area (Å²) in [5, 5.41) is 0. The predicted molar refractivity (Wildman–Crippen MR) is 49.2 cm³/mol. The first-order valence-corrected chi connectivity index (χ1v) is 4.43. The standard InChI is InChI=1S/C10H13F2NO/c1-8(2)14-7-10(11,12)9-5-3-4-6-13-9/h3-6,8H,7H2,1-2H3. The number of alkyl halides is 2. The highest BCUT2D eigenvalue weighted by Crippen LogP contribution is 2.26. The molecule has 1 rings (SSSR count). The van der Waals surface area contributed by atoms with Gasteiger partial charge in [-0.25, -0.2) is 0 Å². The second-order valence-corrected chi connectivity index (χ2v) is 3.28. The van der Waals surface area contributed by atoms with Gasteiger partial charge in [-0.2, -0.15) is 8.78 Å². The molecule has 4 heteroatoms. The van der Waals surface area contributed by atoms with Gasteiger partial charge in [0.15, 0.2) is 0 Å². The molecular weight excluding hydrogens is 188 g/mol. The third-order valence-electron chi connectivity index (χ3n) is 1.64. The van der Waals surface area contributed by atoms with Gasteiger partial charge >= 0.3 is 5.92 Å². The van der Waals surface area contributed by atoms with Crippen molar-refractivity contribution in [3.63, 3.8) is 0 Å². The molecule has 0 unspecified atom stereocenters. The van der Waals surface area contributed by atoms with E-state index >= 15 is 0 Å². The Balaban J connectivity index is 2.66. The molecule has 14 heavy (non-hydrogen) atoms. The van der Waals surface area contributed by atoms with Crippen LogP contribution in [0.25, 0.3) is 0 Å². The van der Waals surface area contributed by atoms with Gasteiger partial charge in [-0.15, -0.1) is 0 Å². The Bertz CT molecular complexity index is 275. The summed E-state index contributed by atoms with van der Waals surface area (Å²) in [5.41, 5.74) is -0.249. The van der Waals surface area contributed by atoms with E-state index in [4.69, 9.17) is 4.74 Å². The molecule has 0 radical (unpaired) electrons. The van der Waals surface area contributed by atoms with Crippen molar-refractivity contribution in [3.8, 4) is 0 Å². The van der Waals surface area contributed by atoms with E-state index in [0.29, 0.717) is 0 Å². The number of nitrogens with zero attached hydrogens (tertiary/aromatic N) is 1. The molecule has 0 bridgehead atoms. The van der Waals surface area contributed by atoms with Crippen LogP contribution in [0.2, 0.25) is 0 Å². The van der Waals surface area contributed by atoms with Gasteiger partial charge in [0.1, 0.15) is 12.3 Å². The van der Waals surface area contributed by atoms with Crippen LogP contribution >= 0.6 is 0 Å². The highest BCUT2D eigenvalue weighted by Gasteiger charge is 2.33. The third kappa shape index (κ3) is 3.03. The highest BCUT2D eigenvalue weighted by molar-refractivity contribution is 5.09. The van der Waals surface area contributed by atoms with E-state index in [2.05, 4.69) is 4.98 Å². The second kappa shape index (κ2) is 4.46. The molecule has 1 aromatic rings. The van der Waals surface area contributed by atoms with E-state index in [1.165, 1.54) is 18.3 Å². The van der Waals surface area contributed by atoms with Crippen LogP contribution in [0.4, 0.5) is 8.78 Å². The highest BCUT2D eigenvalue weighted by atomic mass is 19.3. The van der Waals surface area contributed by atoms with Gasteiger partial charge in [-0.1, -0.05) is 6.07 Å². The van der Waals surface area contributed by atoms with Gasteiger partial charge in [0.05, 0.1) is 6.10 Å². The van der Waals surface area contributed by atoms with E-state index in [1.807, 2.05) is 0 Å². The van der Waals surface area contributed by atoms with Crippen molar-refractivity contribution in [2.24, 2.45) is 0 Å². The topological polar surface area (TPSA) is 22.1 Å². The fourth-order valence-electron chi connectivity index (χ4n) is 0.924. The molecule has 0 saturated heterocycles. The molecule has 0 N–H and O–H groups in total. The van der Waals surface area contributed by atoms with Gasteiger partial charge in [0.25, 0.3) is 0 Å². The maximum atomic E-state index is 13.3. The number of ether oxygens (including phenoxy) is 1. The number of hydrogen-bond acceptors (Lipinski definition) is 2. The van der Waals surface area contributed by atoms with E-state index in [0.717, 1.165) is 0 Å². The van der Waals surface area contributed by atoms with Gasteiger partial charge in [-0.05, 0) is 26.0 Å². The van der Waals surface area contributed by atoms with Crippen molar-refractivity contribution in [2.75, 3.05) is 6.61 Å². The van der Waals surface area contributed by atoms with E-state index in [9.17, 15) is 8.78 Å². The minimum Gasteiger partial charge on any atom is -0.372 e. The summed E-state index contributed by atoms with van der Waals surface area (Å²) in [6.45, 7) is 2.81. The second-order valence-electron chi connectivity index (χ2n) is 3.28. The number of halogens is 2. The van der Waals surface area contributed by atoms with Crippen molar-refractivity contribution < 1.29 is 13.5 Å². The molecule has 0 aliphatic heterocycles. The Morgan fingerprint density at radius 2 is 2.14 bits per heavy atom. The summed E-state index contributed by atoms with van der Waals surface area (Å²) in [6.07, 6.45) is 1.14. The van der Waals surface area contributed by atoms with Crippen molar-refractivity contribution in [3.05, 3.63) is 30.1 Å². The average Bonchev–Trinajstić information content (AvgIpc) is 2.16. The van der Waals surface area contributed by atoms with Crippen LogP contribution in [0.3, 0.4) is 0 Å². The molecule has 0 amide bonds. The molecule has 0 aliphatic rings. The van der Waals surface area contributed by atoms with Gasteiger partial charge in [0, 0.05) is 6.20 Å². The Kier molecular flexibility index (Phi) is 3.52. The molecule has 1 aromatic heterocycles. The molecule has 78 valence electrons. The normalized spacial score (nSPS) is 12.1. The first-order chi connectivity index (χ1) is 6.52. The van der Waals surface area contributed by atoms with Crippen LogP contribution in [0.15, 0.2) is 24.4 Å². The van der Waals surface area contributed by atoms with Crippen LogP contribution in [0.1, 0.15) is 19.5 Å². The summed E-state index contributed by atoms with van der Waals surface area (Å²) >= 11 is 0. The number of hydrogen-bond donors (Lipinski definition) is 0. The molecule has 0 aromatic carbocycles. The average molecular weight is 201 g/mol. The zero-order valence-electron chi connectivity index (χ0n) is 8.21. The molecular formula is C10H13F2NO. The number of pyridine rings is 1. The fraction of sp³-hybridized carbons (Fsp3) is 0.500. The first kappa shape index (κ1) is 11.0. The summed E-state index contributed by atoms with van der Waals surface area (Å²) in [7, 11) is 0. The van der Waals surface area contributed by atoms with Crippen molar-refractivity contribution in [2.45, 2.75) is 25.9 Å². The minimum absolute atomic E-state index is 0.204. The summed E-state index contributed by atoms with van der Waals surface area (Å²) in [5.74, 6) is -3.01. The fourth-order valence-corrected chi connectivity index (χ4v) is 0.924. The lowest BCUT2D eigenvalue weighted by atomic mass is 10.2. The van der Waals surface area contributed by atoms with E-state index < -0.39 is 12.5 Å². The largest absolute Gasteiger partial charge is 0.372 e. The number of aromatic nitrogens is 1. The van der Waals surface area contributed by atoms with E-state index in [1.54, 1.807) is 19.9 Å². The first-order valence-electron chi connectivity index (χ1n) is 4.43. The lowest BCUT2D eigenvalue weighted by Crippen LogP contribution is -2.24. The van der Waals surface area contributed by atoms with Crippen LogP contribution in [-0.4, -0.2) is 17.7 Å². The Morgan fingerprint density at radius 1 is 1.43 bits per heavy atom. The van der Waals surface area contributed by atoms with Gasteiger partial charge in [0.2, 0.25) is 0 Å². The van der Waals surface area contributed by atoms with Crippen LogP contribution in [0, 0.1) is 0 Å². The minimum atomic E-state index is -3.01. The summed E-state index contributed by atoms with van der Waals surface area (Å²) in [4.78, 5) is 3.60. The van der Waals surface area contributed by atoms with Crippen LogP contribution < -0.4 is 0 Å². The maximum Gasteiger partial charge on any atom is 0.312 e. The third-order valence-corrected chi connectivity index (χ3v) is 1.64. The lowest BCUT2D eigenvalue weighted by Gasteiger charge is -2.17. The summed E-state index contributed by atoms with van der Waals surface area (Å²) < 4.78 is 31.5. The molecule has 0 saturated carbocycles.